The topological polar surface area (TPSA) is 70.7 Å². The Morgan fingerprint density at radius 3 is 3.10 bits per heavy atom. The van der Waals surface area contributed by atoms with Gasteiger partial charge < -0.3 is 5.32 Å². The molecule has 106 valence electrons. The summed E-state index contributed by atoms with van der Waals surface area (Å²) in [6.07, 6.45) is 3.85. The van der Waals surface area contributed by atoms with E-state index in [1.54, 1.807) is 11.3 Å². The second-order valence-electron chi connectivity index (χ2n) is 4.36. The van der Waals surface area contributed by atoms with Crippen LogP contribution in [0.3, 0.4) is 0 Å². The molecule has 0 aliphatic rings. The molecule has 2 heterocycles. The summed E-state index contributed by atoms with van der Waals surface area (Å²) < 4.78 is 0. The van der Waals surface area contributed by atoms with Gasteiger partial charge in [0.05, 0.1) is 5.75 Å². The van der Waals surface area contributed by atoms with Crippen LogP contribution in [0.2, 0.25) is 0 Å². The van der Waals surface area contributed by atoms with Crippen LogP contribution in [0.5, 0.6) is 0 Å². The van der Waals surface area contributed by atoms with Crippen LogP contribution in [0.15, 0.2) is 22.7 Å². The maximum Gasteiger partial charge on any atom is 0.230 e. The number of carbonyl (C=O) groups excluding carboxylic acids is 1. The molecule has 1 amide bonds. The van der Waals surface area contributed by atoms with E-state index in [0.717, 1.165) is 4.88 Å². The van der Waals surface area contributed by atoms with E-state index in [9.17, 15) is 4.79 Å². The monoisotopic (exact) mass is 308 g/mol. The van der Waals surface area contributed by atoms with Gasteiger partial charge in [-0.2, -0.15) is 0 Å². The molecule has 7 heteroatoms. The molecule has 5 nitrogen and oxygen atoms in total. The molecule has 0 aliphatic carbocycles. The molecule has 2 N–H and O–H groups in total. The fraction of sp³-hybridized carbons (Fsp3) is 0.308. The fourth-order valence-corrected chi connectivity index (χ4v) is 2.67. The molecule has 0 unspecified atom stereocenters. The molecule has 2 aromatic rings. The van der Waals surface area contributed by atoms with Gasteiger partial charge in [0.15, 0.2) is 0 Å². The minimum absolute atomic E-state index is 0.00882. The Kier molecular flexibility index (Phi) is 5.37. The maximum atomic E-state index is 11.5. The average Bonchev–Trinajstić information content (AvgIpc) is 3.05. The number of carbonyl (C=O) groups is 1. The predicted molar refractivity (Wildman–Crippen MR) is 83.6 cm³/mol. The lowest BCUT2D eigenvalue weighted by molar-refractivity contribution is -0.119. The molecule has 0 saturated carbocycles. The van der Waals surface area contributed by atoms with Gasteiger partial charge in [-0.05, 0) is 37.4 Å². The van der Waals surface area contributed by atoms with Crippen molar-refractivity contribution in [1.82, 2.24) is 20.5 Å². The fourth-order valence-electron chi connectivity index (χ4n) is 1.44. The Hall–Kier alpha value is -1.60. The summed E-state index contributed by atoms with van der Waals surface area (Å²) in [5.74, 6) is 1.00. The summed E-state index contributed by atoms with van der Waals surface area (Å²) in [5, 5.41) is 12.3. The Bertz CT molecular complexity index is 575. The van der Waals surface area contributed by atoms with Crippen LogP contribution in [-0.4, -0.2) is 32.9 Å². The highest BCUT2D eigenvalue weighted by Crippen LogP contribution is 2.14. The Balaban J connectivity index is 1.84. The third-order valence-corrected chi connectivity index (χ3v) is 3.90. The molecule has 0 radical (unpaired) electrons. The van der Waals surface area contributed by atoms with E-state index < -0.39 is 0 Å². The first-order chi connectivity index (χ1) is 9.63. The highest BCUT2D eigenvalue weighted by atomic mass is 32.2. The van der Waals surface area contributed by atoms with Gasteiger partial charge in [0.2, 0.25) is 11.1 Å². The van der Waals surface area contributed by atoms with Crippen LogP contribution in [0, 0.1) is 0 Å². The van der Waals surface area contributed by atoms with Crippen LogP contribution >= 0.6 is 23.1 Å². The van der Waals surface area contributed by atoms with E-state index in [-0.39, 0.29) is 11.9 Å². The van der Waals surface area contributed by atoms with Crippen molar-refractivity contribution in [1.29, 1.82) is 0 Å². The van der Waals surface area contributed by atoms with Crippen LogP contribution in [-0.2, 0) is 4.79 Å². The highest BCUT2D eigenvalue weighted by molar-refractivity contribution is 7.99. The van der Waals surface area contributed by atoms with Crippen LogP contribution in [0.4, 0.5) is 0 Å². The number of nitrogens with one attached hydrogen (secondary N) is 2. The molecule has 20 heavy (non-hydrogen) atoms. The van der Waals surface area contributed by atoms with E-state index in [0.29, 0.717) is 16.7 Å². The largest absolute Gasteiger partial charge is 0.353 e. The molecule has 0 saturated heterocycles. The first kappa shape index (κ1) is 14.8. The van der Waals surface area contributed by atoms with Crippen molar-refractivity contribution in [3.8, 4) is 0 Å². The lowest BCUT2D eigenvalue weighted by Gasteiger charge is -2.06. The van der Waals surface area contributed by atoms with Gasteiger partial charge in [-0.3, -0.25) is 9.89 Å². The molecular formula is C13H16N4OS2. The summed E-state index contributed by atoms with van der Waals surface area (Å²) in [4.78, 5) is 17.0. The molecule has 0 fully saturated rings. The maximum absolute atomic E-state index is 11.5. The number of aromatic nitrogens is 3. The molecule has 0 atom stereocenters. The lowest BCUT2D eigenvalue weighted by Crippen LogP contribution is -2.31. The van der Waals surface area contributed by atoms with Gasteiger partial charge in [-0.1, -0.05) is 17.8 Å². The predicted octanol–water partition coefficient (Wildman–Crippen LogP) is 2.65. The molecule has 2 rings (SSSR count). The average molecular weight is 308 g/mol. The first-order valence-corrected chi connectivity index (χ1v) is 8.06. The Labute approximate surface area is 125 Å². The van der Waals surface area contributed by atoms with E-state index in [1.165, 1.54) is 11.8 Å². The molecular weight excluding hydrogens is 292 g/mol. The van der Waals surface area contributed by atoms with Gasteiger partial charge in [-0.15, -0.1) is 16.4 Å². The quantitative estimate of drug-likeness (QED) is 0.805. The summed E-state index contributed by atoms with van der Waals surface area (Å²) in [6.45, 7) is 3.87. The normalized spacial score (nSPS) is 11.3. The van der Waals surface area contributed by atoms with Crippen molar-refractivity contribution in [2.45, 2.75) is 25.0 Å². The van der Waals surface area contributed by atoms with E-state index in [1.807, 2.05) is 43.5 Å². The minimum Gasteiger partial charge on any atom is -0.353 e. The lowest BCUT2D eigenvalue weighted by atomic mass is 10.4. The number of thioether (sulfide) groups is 1. The summed E-state index contributed by atoms with van der Waals surface area (Å²) in [6, 6.07) is 4.18. The van der Waals surface area contributed by atoms with Crippen LogP contribution in [0.25, 0.3) is 12.2 Å². The summed E-state index contributed by atoms with van der Waals surface area (Å²) in [5.41, 5.74) is 0. The molecule has 0 aromatic carbocycles. The number of aromatic amines is 1. The number of nitrogens with zero attached hydrogens (tertiary/aromatic N) is 2. The standard InChI is InChI=1S/C13H16N4OS2/c1-9(2)14-12(18)8-20-13-15-11(16-17-13)6-5-10-4-3-7-19-10/h3-7,9H,8H2,1-2H3,(H,14,18)(H,15,16,17)/b6-5+. The number of amides is 1. The third kappa shape index (κ3) is 4.82. The van der Waals surface area contributed by atoms with Crippen LogP contribution in [0.1, 0.15) is 24.5 Å². The zero-order chi connectivity index (χ0) is 14.4. The molecule has 0 aliphatic heterocycles. The highest BCUT2D eigenvalue weighted by Gasteiger charge is 2.07. The van der Waals surface area contributed by atoms with E-state index >= 15 is 0 Å². The van der Waals surface area contributed by atoms with E-state index in [2.05, 4.69) is 20.5 Å². The van der Waals surface area contributed by atoms with Crippen molar-refractivity contribution in [2.75, 3.05) is 5.75 Å². The van der Waals surface area contributed by atoms with Gasteiger partial charge >= 0.3 is 0 Å². The molecule has 2 aromatic heterocycles. The summed E-state index contributed by atoms with van der Waals surface area (Å²) >= 11 is 2.98. The van der Waals surface area contributed by atoms with Gasteiger partial charge in [0.1, 0.15) is 5.82 Å². The van der Waals surface area contributed by atoms with Gasteiger partial charge in [0.25, 0.3) is 0 Å². The van der Waals surface area contributed by atoms with Gasteiger partial charge in [-0.25, -0.2) is 4.98 Å². The zero-order valence-corrected chi connectivity index (χ0v) is 12.9. The van der Waals surface area contributed by atoms with Gasteiger partial charge in [0, 0.05) is 10.9 Å². The smallest absolute Gasteiger partial charge is 0.230 e. The molecule has 0 spiro atoms. The number of rotatable bonds is 6. The number of H-pyrrole nitrogens is 1. The number of thiophene rings is 1. The number of hydrogen-bond acceptors (Lipinski definition) is 5. The van der Waals surface area contributed by atoms with E-state index in [4.69, 9.17) is 0 Å². The third-order valence-electron chi connectivity index (χ3n) is 2.21. The second kappa shape index (κ2) is 7.25. The van der Waals surface area contributed by atoms with Crippen molar-refractivity contribution in [3.63, 3.8) is 0 Å². The Morgan fingerprint density at radius 2 is 2.40 bits per heavy atom. The Morgan fingerprint density at radius 1 is 1.55 bits per heavy atom. The van der Waals surface area contributed by atoms with Crippen molar-refractivity contribution in [2.24, 2.45) is 0 Å². The molecule has 0 bridgehead atoms. The van der Waals surface area contributed by atoms with Crippen molar-refractivity contribution in [3.05, 3.63) is 28.2 Å². The second-order valence-corrected chi connectivity index (χ2v) is 6.28. The zero-order valence-electron chi connectivity index (χ0n) is 11.3. The minimum atomic E-state index is -0.00882. The SMILES string of the molecule is CC(C)NC(=O)CSc1n[nH]c(/C=C/c2cccs2)n1. The first-order valence-electron chi connectivity index (χ1n) is 6.19. The number of hydrogen-bond donors (Lipinski definition) is 2. The van der Waals surface area contributed by atoms with Crippen molar-refractivity contribution >= 4 is 41.2 Å². The summed E-state index contributed by atoms with van der Waals surface area (Å²) in [7, 11) is 0. The van der Waals surface area contributed by atoms with Crippen LogP contribution < -0.4 is 5.32 Å². The van der Waals surface area contributed by atoms with Crippen molar-refractivity contribution < 1.29 is 4.79 Å².